The number of aromatic nitrogens is 2. The van der Waals surface area contributed by atoms with Gasteiger partial charge in [0.1, 0.15) is 0 Å². The molecule has 32 heavy (non-hydrogen) atoms. The number of likely N-dealkylation sites (tertiary alicyclic amines) is 2. The zero-order valence-corrected chi connectivity index (χ0v) is 19.4. The van der Waals surface area contributed by atoms with Crippen LogP contribution in [0.3, 0.4) is 0 Å². The largest absolute Gasteiger partial charge is 0.335 e. The molecule has 2 unspecified atom stereocenters. The molecular formula is C27H36N4O. The lowest BCUT2D eigenvalue weighted by Crippen LogP contribution is -2.50. The van der Waals surface area contributed by atoms with Gasteiger partial charge in [0.25, 0.3) is 5.91 Å². The van der Waals surface area contributed by atoms with E-state index in [-0.39, 0.29) is 5.91 Å². The van der Waals surface area contributed by atoms with Crippen LogP contribution in [0.15, 0.2) is 36.7 Å². The lowest BCUT2D eigenvalue weighted by molar-refractivity contribution is 0.0388. The summed E-state index contributed by atoms with van der Waals surface area (Å²) < 4.78 is 0. The number of pyridine rings is 2. The first-order valence-corrected chi connectivity index (χ1v) is 12.6. The van der Waals surface area contributed by atoms with E-state index in [4.69, 9.17) is 4.98 Å². The minimum atomic E-state index is 0.238. The molecule has 2 saturated heterocycles. The average molecular weight is 433 g/mol. The maximum absolute atomic E-state index is 13.8. The van der Waals surface area contributed by atoms with Crippen LogP contribution >= 0.6 is 0 Å². The van der Waals surface area contributed by atoms with Gasteiger partial charge in [-0.05, 0) is 88.2 Å². The summed E-state index contributed by atoms with van der Waals surface area (Å²) >= 11 is 0. The van der Waals surface area contributed by atoms with Crippen LogP contribution in [0.1, 0.15) is 84.6 Å². The molecule has 2 aliphatic heterocycles. The van der Waals surface area contributed by atoms with E-state index >= 15 is 0 Å². The van der Waals surface area contributed by atoms with Gasteiger partial charge in [-0.2, -0.15) is 0 Å². The van der Waals surface area contributed by atoms with E-state index in [1.807, 2.05) is 31.5 Å². The third-order valence-electron chi connectivity index (χ3n) is 7.90. The number of amides is 1. The molecule has 3 fully saturated rings. The van der Waals surface area contributed by atoms with E-state index in [0.717, 1.165) is 62.4 Å². The van der Waals surface area contributed by atoms with Crippen LogP contribution in [-0.2, 0) is 6.54 Å². The molecule has 0 bridgehead atoms. The van der Waals surface area contributed by atoms with E-state index in [1.165, 1.54) is 37.7 Å². The van der Waals surface area contributed by atoms with Gasteiger partial charge in [-0.25, -0.2) is 0 Å². The van der Waals surface area contributed by atoms with Crippen molar-refractivity contribution in [1.29, 1.82) is 0 Å². The summed E-state index contributed by atoms with van der Waals surface area (Å²) in [4.78, 5) is 27.7. The van der Waals surface area contributed by atoms with Gasteiger partial charge in [0.05, 0.1) is 11.3 Å². The minimum Gasteiger partial charge on any atom is -0.335 e. The van der Waals surface area contributed by atoms with Gasteiger partial charge in [-0.15, -0.1) is 0 Å². The molecule has 0 aromatic carbocycles. The predicted octanol–water partition coefficient (Wildman–Crippen LogP) is 4.96. The number of fused-ring (bicyclic) bond motifs is 1. The second kappa shape index (κ2) is 9.70. The lowest BCUT2D eigenvalue weighted by Gasteiger charge is -2.44. The van der Waals surface area contributed by atoms with Gasteiger partial charge < -0.3 is 4.90 Å². The van der Waals surface area contributed by atoms with E-state index < -0.39 is 0 Å². The summed E-state index contributed by atoms with van der Waals surface area (Å²) in [6.45, 7) is 5.99. The first-order chi connectivity index (χ1) is 15.7. The van der Waals surface area contributed by atoms with E-state index in [0.29, 0.717) is 17.9 Å². The SMILES string of the molecule is Cc1ccc(C(=O)N2CCCC3CCCCC32)c(C2CCN(Cc3cccnc3)CC2)n1. The Morgan fingerprint density at radius 3 is 2.62 bits per heavy atom. The first kappa shape index (κ1) is 21.6. The third kappa shape index (κ3) is 4.59. The molecule has 2 aromatic rings. The highest BCUT2D eigenvalue weighted by Crippen LogP contribution is 2.37. The summed E-state index contributed by atoms with van der Waals surface area (Å²) in [7, 11) is 0. The predicted molar refractivity (Wildman–Crippen MR) is 126 cm³/mol. The molecule has 0 radical (unpaired) electrons. The van der Waals surface area contributed by atoms with Crippen molar-refractivity contribution in [1.82, 2.24) is 19.8 Å². The zero-order valence-electron chi connectivity index (χ0n) is 19.4. The smallest absolute Gasteiger partial charge is 0.255 e. The molecule has 5 heteroatoms. The maximum Gasteiger partial charge on any atom is 0.255 e. The second-order valence-corrected chi connectivity index (χ2v) is 10.0. The molecule has 2 atom stereocenters. The number of hydrogen-bond acceptors (Lipinski definition) is 4. The Hall–Kier alpha value is -2.27. The van der Waals surface area contributed by atoms with Crippen LogP contribution in [0.4, 0.5) is 0 Å². The Morgan fingerprint density at radius 1 is 1.00 bits per heavy atom. The Labute approximate surface area is 192 Å². The minimum absolute atomic E-state index is 0.238. The van der Waals surface area contributed by atoms with Crippen molar-refractivity contribution in [3.8, 4) is 0 Å². The Balaban J connectivity index is 1.31. The van der Waals surface area contributed by atoms with E-state index in [9.17, 15) is 4.79 Å². The van der Waals surface area contributed by atoms with E-state index in [1.54, 1.807) is 0 Å². The number of carbonyl (C=O) groups excluding carboxylic acids is 1. The fraction of sp³-hybridized carbons (Fsp3) is 0.593. The highest BCUT2D eigenvalue weighted by molar-refractivity contribution is 5.95. The van der Waals surface area contributed by atoms with Gasteiger partial charge in [-0.3, -0.25) is 19.7 Å². The number of carbonyl (C=O) groups is 1. The van der Waals surface area contributed by atoms with Gasteiger partial charge in [0.15, 0.2) is 0 Å². The van der Waals surface area contributed by atoms with Crippen molar-refractivity contribution < 1.29 is 4.79 Å². The highest BCUT2D eigenvalue weighted by Gasteiger charge is 2.37. The van der Waals surface area contributed by atoms with Crippen LogP contribution in [0, 0.1) is 12.8 Å². The number of piperidine rings is 2. The maximum atomic E-state index is 13.8. The lowest BCUT2D eigenvalue weighted by atomic mass is 9.78. The number of nitrogens with zero attached hydrogens (tertiary/aromatic N) is 4. The van der Waals surface area contributed by atoms with Crippen molar-refractivity contribution in [2.24, 2.45) is 5.92 Å². The summed E-state index contributed by atoms with van der Waals surface area (Å²) in [6, 6.07) is 8.69. The van der Waals surface area contributed by atoms with Crippen molar-refractivity contribution in [2.75, 3.05) is 19.6 Å². The third-order valence-corrected chi connectivity index (χ3v) is 7.90. The Kier molecular flexibility index (Phi) is 6.54. The molecule has 3 aliphatic rings. The standard InChI is InChI=1S/C27H36N4O/c1-20-10-11-24(27(32)31-15-5-8-22-7-2-3-9-25(22)31)26(29-20)23-12-16-30(17-13-23)19-21-6-4-14-28-18-21/h4,6,10-11,14,18,22-23,25H,2-3,5,7-9,12-13,15-17,19H2,1H3. The number of hydrogen-bond donors (Lipinski definition) is 0. The summed E-state index contributed by atoms with van der Waals surface area (Å²) in [5, 5.41) is 0. The second-order valence-electron chi connectivity index (χ2n) is 10.0. The number of aryl methyl sites for hydroxylation is 1. The van der Waals surface area contributed by atoms with Crippen LogP contribution < -0.4 is 0 Å². The molecule has 5 rings (SSSR count). The first-order valence-electron chi connectivity index (χ1n) is 12.6. The van der Waals surface area contributed by atoms with Gasteiger partial charge in [-0.1, -0.05) is 18.9 Å². The van der Waals surface area contributed by atoms with Crippen LogP contribution in [0.5, 0.6) is 0 Å². The Bertz CT molecular complexity index is 921. The van der Waals surface area contributed by atoms with Crippen molar-refractivity contribution >= 4 is 5.91 Å². The van der Waals surface area contributed by atoms with Crippen LogP contribution in [0.2, 0.25) is 0 Å². The monoisotopic (exact) mass is 432 g/mol. The molecule has 4 heterocycles. The quantitative estimate of drug-likeness (QED) is 0.685. The highest BCUT2D eigenvalue weighted by atomic mass is 16.2. The van der Waals surface area contributed by atoms with E-state index in [2.05, 4.69) is 26.9 Å². The van der Waals surface area contributed by atoms with Gasteiger partial charge >= 0.3 is 0 Å². The molecule has 1 amide bonds. The topological polar surface area (TPSA) is 49.3 Å². The van der Waals surface area contributed by atoms with Crippen LogP contribution in [0.25, 0.3) is 0 Å². The summed E-state index contributed by atoms with van der Waals surface area (Å²) in [5.74, 6) is 1.31. The summed E-state index contributed by atoms with van der Waals surface area (Å²) in [5.41, 5.74) is 4.20. The molecule has 1 saturated carbocycles. The van der Waals surface area contributed by atoms with Gasteiger partial charge in [0, 0.05) is 43.1 Å². The fourth-order valence-corrected chi connectivity index (χ4v) is 6.21. The normalized spacial score (nSPS) is 24.8. The molecule has 0 spiro atoms. The van der Waals surface area contributed by atoms with Crippen molar-refractivity contribution in [3.05, 3.63) is 59.2 Å². The average Bonchev–Trinajstić information content (AvgIpc) is 2.84. The number of rotatable bonds is 4. The molecular weight excluding hydrogens is 396 g/mol. The molecule has 2 aromatic heterocycles. The molecule has 1 aliphatic carbocycles. The summed E-state index contributed by atoms with van der Waals surface area (Å²) in [6.07, 6.45) is 13.4. The van der Waals surface area contributed by atoms with Gasteiger partial charge in [0.2, 0.25) is 0 Å². The molecule has 170 valence electrons. The van der Waals surface area contributed by atoms with Crippen molar-refractivity contribution in [3.63, 3.8) is 0 Å². The molecule has 0 N–H and O–H groups in total. The zero-order chi connectivity index (χ0) is 21.9. The van der Waals surface area contributed by atoms with Crippen molar-refractivity contribution in [2.45, 2.75) is 76.8 Å². The fourth-order valence-electron chi connectivity index (χ4n) is 6.21. The molecule has 5 nitrogen and oxygen atoms in total. The Morgan fingerprint density at radius 2 is 1.81 bits per heavy atom. The van der Waals surface area contributed by atoms with Crippen LogP contribution in [-0.4, -0.2) is 51.4 Å².